The van der Waals surface area contributed by atoms with Crippen LogP contribution in [0.15, 0.2) is 12.7 Å². The van der Waals surface area contributed by atoms with Crippen LogP contribution in [-0.4, -0.2) is 20.8 Å². The molecule has 0 heterocycles. The summed E-state index contributed by atoms with van der Waals surface area (Å²) in [7, 11) is -3.34. The van der Waals surface area contributed by atoms with Crippen molar-refractivity contribution < 1.29 is 12.6 Å². The summed E-state index contributed by atoms with van der Waals surface area (Å²) in [5.74, 6) is 0.528. The fourth-order valence-electron chi connectivity index (χ4n) is 2.83. The van der Waals surface area contributed by atoms with Crippen LogP contribution in [0.5, 0.6) is 0 Å². The highest BCUT2D eigenvalue weighted by molar-refractivity contribution is 7.86. The summed E-state index contributed by atoms with van der Waals surface area (Å²) in [5, 5.41) is 0. The van der Waals surface area contributed by atoms with Gasteiger partial charge in [-0.05, 0) is 25.2 Å². The average Bonchev–Trinajstić information content (AvgIpc) is 2.56. The maximum absolute atomic E-state index is 11.8. The van der Waals surface area contributed by atoms with E-state index in [-0.39, 0.29) is 5.75 Å². The standard InChI is InChI=1S/C20H40O3S/c1-4-7-9-11-12-13-14-16-20(6-3)17-18-23-24(21,22)19-15-10-8-5-2/h6,20H,3-5,7-19H2,1-2H3. The van der Waals surface area contributed by atoms with E-state index in [0.29, 0.717) is 18.9 Å². The molecule has 0 aromatic rings. The monoisotopic (exact) mass is 360 g/mol. The van der Waals surface area contributed by atoms with Crippen LogP contribution in [0.2, 0.25) is 0 Å². The normalized spacial score (nSPS) is 13.1. The Morgan fingerprint density at radius 3 is 1.96 bits per heavy atom. The zero-order chi connectivity index (χ0) is 18.1. The number of allylic oxidation sites excluding steroid dienone is 1. The van der Waals surface area contributed by atoms with Gasteiger partial charge in [0.15, 0.2) is 0 Å². The van der Waals surface area contributed by atoms with Crippen molar-refractivity contribution in [2.45, 2.75) is 97.3 Å². The Morgan fingerprint density at radius 1 is 0.833 bits per heavy atom. The largest absolute Gasteiger partial charge is 0.270 e. The predicted molar refractivity (Wildman–Crippen MR) is 105 cm³/mol. The van der Waals surface area contributed by atoms with Gasteiger partial charge < -0.3 is 0 Å². The second-order valence-electron chi connectivity index (χ2n) is 6.84. The van der Waals surface area contributed by atoms with Crippen LogP contribution in [-0.2, 0) is 14.3 Å². The molecule has 0 N–H and O–H groups in total. The molecule has 144 valence electrons. The molecule has 0 saturated carbocycles. The highest BCUT2D eigenvalue weighted by Gasteiger charge is 2.12. The van der Waals surface area contributed by atoms with Crippen molar-refractivity contribution in [2.24, 2.45) is 5.92 Å². The summed E-state index contributed by atoms with van der Waals surface area (Å²) in [5.41, 5.74) is 0. The molecule has 0 saturated heterocycles. The molecule has 0 aromatic carbocycles. The Balaban J connectivity index is 3.71. The highest BCUT2D eigenvalue weighted by Crippen LogP contribution is 2.17. The molecule has 0 bridgehead atoms. The zero-order valence-corrected chi connectivity index (χ0v) is 16.9. The molecule has 0 aliphatic heterocycles. The van der Waals surface area contributed by atoms with Gasteiger partial charge in [0.1, 0.15) is 0 Å². The molecule has 1 atom stereocenters. The third-order valence-corrected chi connectivity index (χ3v) is 5.83. The summed E-state index contributed by atoms with van der Waals surface area (Å²) in [6, 6.07) is 0. The smallest absolute Gasteiger partial charge is 0.267 e. The maximum atomic E-state index is 11.8. The van der Waals surface area contributed by atoms with Crippen LogP contribution in [0.4, 0.5) is 0 Å². The van der Waals surface area contributed by atoms with Gasteiger partial charge in [0.2, 0.25) is 0 Å². The van der Waals surface area contributed by atoms with Gasteiger partial charge in [-0.25, -0.2) is 0 Å². The Kier molecular flexibility index (Phi) is 15.9. The lowest BCUT2D eigenvalue weighted by Crippen LogP contribution is -2.13. The lowest BCUT2D eigenvalue weighted by atomic mass is 9.97. The first kappa shape index (κ1) is 23.6. The Morgan fingerprint density at radius 2 is 1.38 bits per heavy atom. The first-order valence-electron chi connectivity index (χ1n) is 10.0. The van der Waals surface area contributed by atoms with Crippen LogP contribution in [0, 0.1) is 5.92 Å². The molecular weight excluding hydrogens is 320 g/mol. The Hall–Kier alpha value is -0.350. The minimum absolute atomic E-state index is 0.156. The van der Waals surface area contributed by atoms with Crippen molar-refractivity contribution in [2.75, 3.05) is 12.4 Å². The maximum Gasteiger partial charge on any atom is 0.267 e. The van der Waals surface area contributed by atoms with Crippen molar-refractivity contribution in [3.8, 4) is 0 Å². The fraction of sp³-hybridized carbons (Fsp3) is 0.900. The van der Waals surface area contributed by atoms with Gasteiger partial charge in [-0.3, -0.25) is 4.18 Å². The predicted octanol–water partition coefficient (Wildman–Crippen LogP) is 6.25. The molecule has 4 heteroatoms. The molecule has 3 nitrogen and oxygen atoms in total. The molecule has 0 radical (unpaired) electrons. The summed E-state index contributed by atoms with van der Waals surface area (Å²) >= 11 is 0. The molecule has 0 rings (SSSR count). The molecule has 24 heavy (non-hydrogen) atoms. The van der Waals surface area contributed by atoms with Gasteiger partial charge in [0, 0.05) is 0 Å². The van der Waals surface area contributed by atoms with Crippen molar-refractivity contribution in [1.82, 2.24) is 0 Å². The topological polar surface area (TPSA) is 43.4 Å². The lowest BCUT2D eigenvalue weighted by Gasteiger charge is -2.12. The number of hydrogen-bond acceptors (Lipinski definition) is 3. The van der Waals surface area contributed by atoms with E-state index in [4.69, 9.17) is 4.18 Å². The van der Waals surface area contributed by atoms with Crippen LogP contribution >= 0.6 is 0 Å². The molecule has 0 spiro atoms. The van der Waals surface area contributed by atoms with E-state index in [1.165, 1.54) is 44.9 Å². The summed E-state index contributed by atoms with van der Waals surface area (Å²) in [6.45, 7) is 8.53. The van der Waals surface area contributed by atoms with Crippen LogP contribution in [0.3, 0.4) is 0 Å². The molecule has 1 unspecified atom stereocenters. The van der Waals surface area contributed by atoms with E-state index < -0.39 is 10.1 Å². The molecule has 0 aliphatic rings. The van der Waals surface area contributed by atoms with E-state index >= 15 is 0 Å². The van der Waals surface area contributed by atoms with Crippen molar-refractivity contribution in [3.63, 3.8) is 0 Å². The second kappa shape index (κ2) is 16.1. The minimum atomic E-state index is -3.34. The molecule has 0 fully saturated rings. The van der Waals surface area contributed by atoms with Crippen LogP contribution in [0.1, 0.15) is 97.3 Å². The Labute approximate surface area is 151 Å². The third-order valence-electron chi connectivity index (χ3n) is 4.51. The van der Waals surface area contributed by atoms with Crippen molar-refractivity contribution in [3.05, 3.63) is 12.7 Å². The van der Waals surface area contributed by atoms with Crippen molar-refractivity contribution >= 4 is 10.1 Å². The summed E-state index contributed by atoms with van der Waals surface area (Å²) in [6.07, 6.45) is 16.8. The van der Waals surface area contributed by atoms with E-state index in [2.05, 4.69) is 20.4 Å². The summed E-state index contributed by atoms with van der Waals surface area (Å²) < 4.78 is 28.7. The second-order valence-corrected chi connectivity index (χ2v) is 8.60. The van der Waals surface area contributed by atoms with Crippen molar-refractivity contribution in [1.29, 1.82) is 0 Å². The zero-order valence-electron chi connectivity index (χ0n) is 16.1. The quantitative estimate of drug-likeness (QED) is 0.165. The number of unbranched alkanes of at least 4 members (excludes halogenated alkanes) is 9. The molecule has 0 aromatic heterocycles. The highest BCUT2D eigenvalue weighted by atomic mass is 32.2. The van der Waals surface area contributed by atoms with Crippen LogP contribution in [0.25, 0.3) is 0 Å². The minimum Gasteiger partial charge on any atom is -0.270 e. The number of rotatable bonds is 18. The SMILES string of the molecule is C=CC(CCCCCCCCC)CCOS(=O)(=O)CCCCCC. The van der Waals surface area contributed by atoms with Gasteiger partial charge in [-0.15, -0.1) is 6.58 Å². The molecular formula is C20H40O3S. The summed E-state index contributed by atoms with van der Waals surface area (Å²) in [4.78, 5) is 0. The van der Waals surface area contributed by atoms with E-state index in [1.54, 1.807) is 0 Å². The molecule has 0 aliphatic carbocycles. The average molecular weight is 361 g/mol. The van der Waals surface area contributed by atoms with Gasteiger partial charge in [0.05, 0.1) is 12.4 Å². The number of hydrogen-bond donors (Lipinski definition) is 0. The van der Waals surface area contributed by atoms with Crippen LogP contribution < -0.4 is 0 Å². The van der Waals surface area contributed by atoms with Gasteiger partial charge in [0.25, 0.3) is 10.1 Å². The first-order valence-corrected chi connectivity index (χ1v) is 11.6. The van der Waals surface area contributed by atoms with Gasteiger partial charge in [-0.1, -0.05) is 84.1 Å². The van der Waals surface area contributed by atoms with Gasteiger partial charge in [-0.2, -0.15) is 8.42 Å². The van der Waals surface area contributed by atoms with Gasteiger partial charge >= 0.3 is 0 Å². The Bertz CT molecular complexity index is 376. The molecule has 0 amide bonds. The lowest BCUT2D eigenvalue weighted by molar-refractivity contribution is 0.288. The fourth-order valence-corrected chi connectivity index (χ4v) is 3.86. The third kappa shape index (κ3) is 15.2. The van der Waals surface area contributed by atoms with E-state index in [9.17, 15) is 8.42 Å². The van der Waals surface area contributed by atoms with E-state index in [0.717, 1.165) is 32.1 Å². The van der Waals surface area contributed by atoms with E-state index in [1.807, 2.05) is 6.08 Å². The first-order chi connectivity index (χ1) is 11.6.